The zero-order valence-electron chi connectivity index (χ0n) is 12.5. The molecule has 0 bridgehead atoms. The van der Waals surface area contributed by atoms with Crippen molar-refractivity contribution in [2.75, 3.05) is 14.2 Å². The van der Waals surface area contributed by atoms with Crippen molar-refractivity contribution in [1.29, 1.82) is 0 Å². The third-order valence-electron chi connectivity index (χ3n) is 3.24. The molecule has 0 aromatic carbocycles. The molecule has 0 fully saturated rings. The molecule has 0 aliphatic rings. The number of nitrogens with zero attached hydrogens (tertiary/aromatic N) is 2. The van der Waals surface area contributed by atoms with Gasteiger partial charge >= 0.3 is 5.97 Å². The van der Waals surface area contributed by atoms with Crippen molar-refractivity contribution < 1.29 is 24.2 Å². The number of carboxylic acids is 1. The number of methoxy groups -OCH3 is 2. The van der Waals surface area contributed by atoms with E-state index in [1.54, 1.807) is 13.0 Å². The van der Waals surface area contributed by atoms with E-state index < -0.39 is 11.9 Å². The van der Waals surface area contributed by atoms with Crippen LogP contribution in [0.2, 0.25) is 0 Å². The van der Waals surface area contributed by atoms with Crippen LogP contribution in [0.4, 0.5) is 0 Å². The van der Waals surface area contributed by atoms with Crippen molar-refractivity contribution >= 4 is 33.4 Å². The minimum Gasteiger partial charge on any atom is -0.481 e. The third-order valence-corrected chi connectivity index (χ3v) is 4.30. The molecule has 1 N–H and O–H groups in total. The average molecular weight is 324 g/mol. The van der Waals surface area contributed by atoms with Gasteiger partial charge in [-0.2, -0.15) is 4.98 Å². The van der Waals surface area contributed by atoms with Crippen LogP contribution >= 0.6 is 11.3 Å². The van der Waals surface area contributed by atoms with Crippen molar-refractivity contribution in [1.82, 2.24) is 9.97 Å². The summed E-state index contributed by atoms with van der Waals surface area (Å²) in [6.07, 6.45) is 0.372. The number of carboxylic acid groups (broad SMARTS) is 1. The lowest BCUT2D eigenvalue weighted by Gasteiger charge is -2.06. The average Bonchev–Trinajstić information content (AvgIpc) is 2.93. The predicted molar refractivity (Wildman–Crippen MR) is 80.9 cm³/mol. The fourth-order valence-corrected chi connectivity index (χ4v) is 2.88. The molecule has 0 amide bonds. The summed E-state index contributed by atoms with van der Waals surface area (Å²) in [6.45, 7) is 1.75. The van der Waals surface area contributed by atoms with Gasteiger partial charge in [-0.25, -0.2) is 4.98 Å². The lowest BCUT2D eigenvalue weighted by atomic mass is 9.99. The second kappa shape index (κ2) is 6.69. The Morgan fingerprint density at radius 2 is 1.91 bits per heavy atom. The molecule has 1 atom stereocenters. The number of carbonyl (C=O) groups is 2. The van der Waals surface area contributed by atoms with Crippen LogP contribution in [0, 0.1) is 5.92 Å². The number of thiophene rings is 1. The summed E-state index contributed by atoms with van der Waals surface area (Å²) >= 11 is 1.17. The van der Waals surface area contributed by atoms with E-state index in [9.17, 15) is 9.59 Å². The van der Waals surface area contributed by atoms with Gasteiger partial charge < -0.3 is 14.6 Å². The summed E-state index contributed by atoms with van der Waals surface area (Å²) in [5.41, 5.74) is 0.523. The Morgan fingerprint density at radius 1 is 1.27 bits per heavy atom. The summed E-state index contributed by atoms with van der Waals surface area (Å²) in [4.78, 5) is 32.7. The zero-order chi connectivity index (χ0) is 16.3. The van der Waals surface area contributed by atoms with E-state index in [1.165, 1.54) is 25.6 Å². The number of carbonyl (C=O) groups excluding carboxylic acids is 1. The van der Waals surface area contributed by atoms with E-state index in [2.05, 4.69) is 9.97 Å². The fraction of sp³-hybridized carbons (Fsp3) is 0.429. The van der Waals surface area contributed by atoms with E-state index in [4.69, 9.17) is 14.6 Å². The van der Waals surface area contributed by atoms with E-state index in [0.29, 0.717) is 21.6 Å². The SMILES string of the molecule is CC[C@H](CC(=O)c1cc2nc(OC)c(OC)nc2s1)C(=O)O. The maximum absolute atomic E-state index is 12.2. The Kier molecular flexibility index (Phi) is 4.92. The van der Waals surface area contributed by atoms with Crippen LogP contribution in [0.3, 0.4) is 0 Å². The fourth-order valence-electron chi connectivity index (χ4n) is 1.96. The van der Waals surface area contributed by atoms with Crippen LogP contribution in [0.15, 0.2) is 6.07 Å². The van der Waals surface area contributed by atoms with E-state index >= 15 is 0 Å². The van der Waals surface area contributed by atoms with Crippen LogP contribution in [-0.2, 0) is 4.79 Å². The summed E-state index contributed by atoms with van der Waals surface area (Å²) in [5.74, 6) is -1.38. The highest BCUT2D eigenvalue weighted by Gasteiger charge is 2.22. The number of hydrogen-bond donors (Lipinski definition) is 1. The van der Waals surface area contributed by atoms with Gasteiger partial charge in [-0.05, 0) is 12.5 Å². The Bertz CT molecular complexity index is 672. The number of fused-ring (bicyclic) bond motifs is 1. The Labute approximate surface area is 130 Å². The molecule has 7 nitrogen and oxygen atoms in total. The molecule has 2 aromatic heterocycles. The molecule has 2 heterocycles. The number of aromatic nitrogens is 2. The standard InChI is InChI=1S/C14H16N2O5S/c1-4-7(14(18)19)5-9(17)10-6-8-13(22-10)16-12(21-3)11(15-8)20-2/h6-7H,4-5H2,1-3H3,(H,18,19)/t7-/m1/s1. The molecule has 0 spiro atoms. The molecule has 8 heteroatoms. The lowest BCUT2D eigenvalue weighted by molar-refractivity contribution is -0.141. The number of rotatable bonds is 7. The highest BCUT2D eigenvalue weighted by molar-refractivity contribution is 7.20. The van der Waals surface area contributed by atoms with E-state index in [0.717, 1.165) is 0 Å². The van der Waals surface area contributed by atoms with Gasteiger partial charge in [0.15, 0.2) is 5.78 Å². The molecule has 0 radical (unpaired) electrons. The van der Waals surface area contributed by atoms with Crippen LogP contribution in [0.5, 0.6) is 11.8 Å². The van der Waals surface area contributed by atoms with Gasteiger partial charge in [-0.15, -0.1) is 11.3 Å². The Balaban J connectivity index is 2.32. The summed E-state index contributed by atoms with van der Waals surface area (Å²) in [5, 5.41) is 9.04. The molecule has 0 unspecified atom stereocenters. The topological polar surface area (TPSA) is 98.6 Å². The molecule has 0 aliphatic carbocycles. The third kappa shape index (κ3) is 3.16. The first-order valence-corrected chi connectivity index (χ1v) is 7.47. The number of hydrogen-bond acceptors (Lipinski definition) is 7. The van der Waals surface area contributed by atoms with Gasteiger partial charge in [0, 0.05) is 6.42 Å². The molecular weight excluding hydrogens is 308 g/mol. The molecule has 22 heavy (non-hydrogen) atoms. The second-order valence-corrected chi connectivity index (χ2v) is 5.64. The van der Waals surface area contributed by atoms with Crippen LogP contribution in [0.1, 0.15) is 29.4 Å². The minimum absolute atomic E-state index is 0.0348. The second-order valence-electron chi connectivity index (χ2n) is 4.61. The van der Waals surface area contributed by atoms with Gasteiger partial charge in [0.1, 0.15) is 10.3 Å². The maximum atomic E-state index is 12.2. The summed E-state index contributed by atoms with van der Waals surface area (Å²) in [6, 6.07) is 1.60. The minimum atomic E-state index is -0.962. The Hall–Kier alpha value is -2.22. The van der Waals surface area contributed by atoms with Gasteiger partial charge in [0.25, 0.3) is 11.8 Å². The molecule has 118 valence electrons. The highest BCUT2D eigenvalue weighted by Crippen LogP contribution is 2.31. The van der Waals surface area contributed by atoms with Crippen molar-refractivity contribution in [3.05, 3.63) is 10.9 Å². The van der Waals surface area contributed by atoms with E-state index in [1.807, 2.05) is 0 Å². The Morgan fingerprint density at radius 3 is 2.45 bits per heavy atom. The lowest BCUT2D eigenvalue weighted by Crippen LogP contribution is -2.16. The summed E-state index contributed by atoms with van der Waals surface area (Å²) in [7, 11) is 2.91. The maximum Gasteiger partial charge on any atom is 0.306 e. The molecule has 2 aromatic rings. The first-order valence-electron chi connectivity index (χ1n) is 6.65. The van der Waals surface area contributed by atoms with Gasteiger partial charge in [0.05, 0.1) is 25.0 Å². The predicted octanol–water partition coefficient (Wildman–Crippen LogP) is 2.39. The summed E-state index contributed by atoms with van der Waals surface area (Å²) < 4.78 is 10.1. The number of ether oxygens (including phenoxy) is 2. The normalized spacial score (nSPS) is 12.1. The first kappa shape index (κ1) is 16.2. The van der Waals surface area contributed by atoms with Crippen LogP contribution in [0.25, 0.3) is 10.3 Å². The number of Topliss-reactive ketones (excluding diaryl/α,β-unsaturated/α-hetero) is 1. The number of ketones is 1. The molecular formula is C14H16N2O5S. The zero-order valence-corrected chi connectivity index (χ0v) is 13.3. The van der Waals surface area contributed by atoms with Crippen molar-refractivity contribution in [3.8, 4) is 11.8 Å². The van der Waals surface area contributed by atoms with Crippen LogP contribution in [-0.4, -0.2) is 41.0 Å². The first-order chi connectivity index (χ1) is 10.5. The van der Waals surface area contributed by atoms with Crippen LogP contribution < -0.4 is 9.47 Å². The number of aliphatic carboxylic acids is 1. The molecule has 2 rings (SSSR count). The monoisotopic (exact) mass is 324 g/mol. The molecule has 0 aliphatic heterocycles. The smallest absolute Gasteiger partial charge is 0.306 e. The van der Waals surface area contributed by atoms with Gasteiger partial charge in [-0.1, -0.05) is 6.92 Å². The van der Waals surface area contributed by atoms with Gasteiger partial charge in [0.2, 0.25) is 0 Å². The highest BCUT2D eigenvalue weighted by atomic mass is 32.1. The molecule has 0 saturated heterocycles. The quantitative estimate of drug-likeness (QED) is 0.781. The van der Waals surface area contributed by atoms with Gasteiger partial charge in [-0.3, -0.25) is 9.59 Å². The van der Waals surface area contributed by atoms with E-state index in [-0.39, 0.29) is 24.0 Å². The largest absolute Gasteiger partial charge is 0.481 e. The van der Waals surface area contributed by atoms with Crippen molar-refractivity contribution in [2.24, 2.45) is 5.92 Å². The molecule has 0 saturated carbocycles. The van der Waals surface area contributed by atoms with Crippen molar-refractivity contribution in [3.63, 3.8) is 0 Å². The van der Waals surface area contributed by atoms with Crippen molar-refractivity contribution in [2.45, 2.75) is 19.8 Å².